The van der Waals surface area contributed by atoms with Crippen molar-refractivity contribution in [3.63, 3.8) is 0 Å². The molecular formula is C14H14N4O2. The summed E-state index contributed by atoms with van der Waals surface area (Å²) >= 11 is 0. The third-order valence-corrected chi connectivity index (χ3v) is 3.32. The fourth-order valence-electron chi connectivity index (χ4n) is 2.21. The molecule has 1 aliphatic heterocycles. The Labute approximate surface area is 115 Å². The molecule has 0 bridgehead atoms. The van der Waals surface area contributed by atoms with E-state index in [9.17, 15) is 9.59 Å². The summed E-state index contributed by atoms with van der Waals surface area (Å²) in [6.07, 6.45) is 1.69. The molecule has 1 aliphatic rings. The molecular weight excluding hydrogens is 256 g/mol. The second-order valence-electron chi connectivity index (χ2n) is 4.67. The van der Waals surface area contributed by atoms with Crippen molar-refractivity contribution in [3.05, 3.63) is 56.7 Å². The van der Waals surface area contributed by atoms with Crippen LogP contribution >= 0.6 is 0 Å². The van der Waals surface area contributed by atoms with Crippen molar-refractivity contribution in [2.45, 2.75) is 6.54 Å². The van der Waals surface area contributed by atoms with Gasteiger partial charge in [0.2, 0.25) is 0 Å². The number of anilines is 1. The highest BCUT2D eigenvalue weighted by Gasteiger charge is 2.20. The topological polar surface area (TPSA) is 70.5 Å². The summed E-state index contributed by atoms with van der Waals surface area (Å²) in [5.41, 5.74) is 0.589. The second-order valence-corrected chi connectivity index (χ2v) is 4.67. The molecule has 1 aromatic carbocycles. The van der Waals surface area contributed by atoms with Crippen molar-refractivity contribution < 1.29 is 0 Å². The predicted molar refractivity (Wildman–Crippen MR) is 77.9 cm³/mol. The fourth-order valence-corrected chi connectivity index (χ4v) is 2.21. The van der Waals surface area contributed by atoms with Gasteiger partial charge in [0.25, 0.3) is 5.56 Å². The van der Waals surface area contributed by atoms with E-state index in [0.29, 0.717) is 18.9 Å². The highest BCUT2D eigenvalue weighted by molar-refractivity contribution is 5.78. The smallest absolute Gasteiger partial charge is 0.329 e. The minimum Gasteiger partial charge on any atom is -0.346 e. The van der Waals surface area contributed by atoms with Gasteiger partial charge in [0.15, 0.2) is 5.69 Å². The second kappa shape index (κ2) is 4.80. The van der Waals surface area contributed by atoms with E-state index in [-0.39, 0.29) is 11.2 Å². The SMILES string of the molecule is Cn1c(=O)[nH]c2c(c1=O)N=CCN2Cc1ccccc1. The van der Waals surface area contributed by atoms with Crippen molar-refractivity contribution in [1.29, 1.82) is 0 Å². The van der Waals surface area contributed by atoms with E-state index in [0.717, 1.165) is 10.1 Å². The summed E-state index contributed by atoms with van der Waals surface area (Å²) < 4.78 is 1.03. The molecule has 20 heavy (non-hydrogen) atoms. The fraction of sp³-hybridized carbons (Fsp3) is 0.214. The first-order valence-corrected chi connectivity index (χ1v) is 6.31. The molecule has 0 saturated carbocycles. The van der Waals surface area contributed by atoms with Crippen molar-refractivity contribution in [2.75, 3.05) is 11.4 Å². The molecule has 6 heteroatoms. The van der Waals surface area contributed by atoms with E-state index >= 15 is 0 Å². The minimum atomic E-state index is -0.427. The summed E-state index contributed by atoms with van der Waals surface area (Å²) in [4.78, 5) is 32.5. The Morgan fingerprint density at radius 3 is 2.75 bits per heavy atom. The van der Waals surface area contributed by atoms with Crippen LogP contribution in [0.1, 0.15) is 5.56 Å². The van der Waals surface area contributed by atoms with Crippen LogP contribution in [0.25, 0.3) is 0 Å². The predicted octanol–water partition coefficient (Wildman–Crippen LogP) is 0.796. The van der Waals surface area contributed by atoms with Crippen LogP contribution in [-0.4, -0.2) is 22.3 Å². The van der Waals surface area contributed by atoms with E-state index in [4.69, 9.17) is 0 Å². The molecule has 0 fully saturated rings. The normalized spacial score (nSPS) is 13.3. The number of aromatic amines is 1. The average Bonchev–Trinajstić information content (AvgIpc) is 2.47. The van der Waals surface area contributed by atoms with Crippen LogP contribution in [0.3, 0.4) is 0 Å². The van der Waals surface area contributed by atoms with Crippen molar-refractivity contribution in [1.82, 2.24) is 9.55 Å². The zero-order valence-electron chi connectivity index (χ0n) is 11.0. The van der Waals surface area contributed by atoms with Crippen LogP contribution in [0.15, 0.2) is 44.9 Å². The Bertz CT molecular complexity index is 774. The monoisotopic (exact) mass is 270 g/mol. The van der Waals surface area contributed by atoms with Crippen LogP contribution in [0.2, 0.25) is 0 Å². The summed E-state index contributed by atoms with van der Waals surface area (Å²) in [5.74, 6) is 0.490. The van der Waals surface area contributed by atoms with Gasteiger partial charge in [-0.3, -0.25) is 14.3 Å². The number of H-pyrrole nitrogens is 1. The van der Waals surface area contributed by atoms with E-state index in [2.05, 4.69) is 9.98 Å². The third kappa shape index (κ3) is 2.05. The van der Waals surface area contributed by atoms with Crippen molar-refractivity contribution >= 4 is 17.7 Å². The first-order valence-electron chi connectivity index (χ1n) is 6.31. The maximum absolute atomic E-state index is 12.0. The molecule has 1 N–H and O–H groups in total. The van der Waals surface area contributed by atoms with Gasteiger partial charge in [0.05, 0.1) is 6.54 Å². The quantitative estimate of drug-likeness (QED) is 0.877. The van der Waals surface area contributed by atoms with Crippen molar-refractivity contribution in [2.24, 2.45) is 12.0 Å². The Kier molecular flexibility index (Phi) is 2.98. The van der Waals surface area contributed by atoms with Crippen LogP contribution in [-0.2, 0) is 13.6 Å². The number of hydrogen-bond donors (Lipinski definition) is 1. The Morgan fingerprint density at radius 1 is 1.25 bits per heavy atom. The summed E-state index contributed by atoms with van der Waals surface area (Å²) in [6.45, 7) is 1.17. The van der Waals surface area contributed by atoms with Gasteiger partial charge in [-0.1, -0.05) is 30.3 Å². The zero-order chi connectivity index (χ0) is 14.1. The summed E-state index contributed by atoms with van der Waals surface area (Å²) in [7, 11) is 1.44. The van der Waals surface area contributed by atoms with E-state index in [1.54, 1.807) is 6.21 Å². The lowest BCUT2D eigenvalue weighted by atomic mass is 10.2. The standard InChI is InChI=1S/C14H14N4O2/c1-17-13(19)11-12(16-14(17)20)18(8-7-15-11)9-10-5-3-2-4-6-10/h2-7H,8-9H2,1H3,(H,16,20). The lowest BCUT2D eigenvalue weighted by molar-refractivity contribution is 0.752. The molecule has 0 unspecified atom stereocenters. The number of rotatable bonds is 2. The van der Waals surface area contributed by atoms with Crippen LogP contribution in [0.5, 0.6) is 0 Å². The maximum Gasteiger partial charge on any atom is 0.329 e. The Hall–Kier alpha value is -2.63. The highest BCUT2D eigenvalue weighted by atomic mass is 16.2. The zero-order valence-corrected chi connectivity index (χ0v) is 11.0. The van der Waals surface area contributed by atoms with Crippen molar-refractivity contribution in [3.8, 4) is 0 Å². The number of fused-ring (bicyclic) bond motifs is 1. The number of nitrogens with one attached hydrogen (secondary N) is 1. The molecule has 0 radical (unpaired) electrons. The first-order chi connectivity index (χ1) is 9.66. The molecule has 0 spiro atoms. The van der Waals surface area contributed by atoms with Gasteiger partial charge in [-0.15, -0.1) is 0 Å². The first kappa shape index (κ1) is 12.4. The van der Waals surface area contributed by atoms with E-state index in [1.165, 1.54) is 7.05 Å². The van der Waals surface area contributed by atoms with Gasteiger partial charge in [-0.05, 0) is 5.56 Å². The van der Waals surface area contributed by atoms with Crippen LogP contribution < -0.4 is 16.1 Å². The maximum atomic E-state index is 12.0. The molecule has 3 rings (SSSR count). The molecule has 102 valence electrons. The van der Waals surface area contributed by atoms with Gasteiger partial charge in [0.1, 0.15) is 5.82 Å². The lowest BCUT2D eigenvalue weighted by Gasteiger charge is -2.26. The van der Waals surface area contributed by atoms with Crippen LogP contribution in [0.4, 0.5) is 11.5 Å². The van der Waals surface area contributed by atoms with Crippen LogP contribution in [0, 0.1) is 0 Å². The Morgan fingerprint density at radius 2 is 2.00 bits per heavy atom. The number of benzene rings is 1. The summed E-state index contributed by atoms with van der Waals surface area (Å²) in [5, 5.41) is 0. The molecule has 0 saturated heterocycles. The number of aliphatic imine (C=N–C) groups is 1. The van der Waals surface area contributed by atoms with Gasteiger partial charge < -0.3 is 4.90 Å². The third-order valence-electron chi connectivity index (χ3n) is 3.32. The van der Waals surface area contributed by atoms with Gasteiger partial charge in [-0.2, -0.15) is 0 Å². The van der Waals surface area contributed by atoms with E-state index in [1.807, 2.05) is 35.2 Å². The number of nitrogens with zero attached hydrogens (tertiary/aromatic N) is 3. The molecule has 0 amide bonds. The average molecular weight is 270 g/mol. The molecule has 6 nitrogen and oxygen atoms in total. The molecule has 1 aromatic heterocycles. The summed E-state index contributed by atoms with van der Waals surface area (Å²) in [6, 6.07) is 9.88. The highest BCUT2D eigenvalue weighted by Crippen LogP contribution is 2.24. The number of aromatic nitrogens is 2. The van der Waals surface area contributed by atoms with Gasteiger partial charge >= 0.3 is 5.69 Å². The molecule has 2 heterocycles. The van der Waals surface area contributed by atoms with Gasteiger partial charge in [0, 0.05) is 19.8 Å². The Balaban J connectivity index is 2.05. The number of hydrogen-bond acceptors (Lipinski definition) is 4. The minimum absolute atomic E-state index is 0.286. The largest absolute Gasteiger partial charge is 0.346 e. The molecule has 0 aliphatic carbocycles. The lowest BCUT2D eigenvalue weighted by Crippen LogP contribution is -2.38. The van der Waals surface area contributed by atoms with Gasteiger partial charge in [-0.25, -0.2) is 9.79 Å². The molecule has 0 atom stereocenters. The molecule has 2 aromatic rings. The van der Waals surface area contributed by atoms with E-state index < -0.39 is 5.69 Å².